The zero-order chi connectivity index (χ0) is 24.0. The molecule has 2 aromatic rings. The SMILES string of the molecule is C=O.CN.Cc1ncc(-c2ccnc(C(C)(C)C#N)c2)cc1B1OC(C)(C)C(C)(C)O1. The van der Waals surface area contributed by atoms with Crippen molar-refractivity contribution in [3.05, 3.63) is 42.0 Å². The lowest BCUT2D eigenvalue weighted by molar-refractivity contribution is -0.0980. The van der Waals surface area contributed by atoms with Crippen molar-refractivity contribution in [2.45, 2.75) is 65.1 Å². The quantitative estimate of drug-likeness (QED) is 0.754. The molecular weight excluding hydrogens is 391 g/mol. The Morgan fingerprint density at radius 1 is 1.06 bits per heavy atom. The van der Waals surface area contributed by atoms with Crippen LogP contribution in [0.4, 0.5) is 0 Å². The molecule has 0 bridgehead atoms. The van der Waals surface area contributed by atoms with Crippen molar-refractivity contribution in [2.24, 2.45) is 5.73 Å². The third-order valence-corrected chi connectivity index (χ3v) is 5.65. The van der Waals surface area contributed by atoms with Gasteiger partial charge in [0.05, 0.1) is 28.4 Å². The summed E-state index contributed by atoms with van der Waals surface area (Å²) in [6.07, 6.45) is 3.57. The fourth-order valence-electron chi connectivity index (χ4n) is 2.93. The van der Waals surface area contributed by atoms with E-state index < -0.39 is 23.7 Å². The first-order valence-electron chi connectivity index (χ1n) is 10.0. The molecule has 0 atom stereocenters. The lowest BCUT2D eigenvalue weighted by atomic mass is 9.77. The number of pyridine rings is 2. The molecule has 166 valence electrons. The van der Waals surface area contributed by atoms with Crippen molar-refractivity contribution in [3.8, 4) is 17.2 Å². The number of nitrogens with zero attached hydrogens (tertiary/aromatic N) is 3. The number of nitriles is 1. The number of hydrogen-bond donors (Lipinski definition) is 1. The van der Waals surface area contributed by atoms with E-state index in [1.54, 1.807) is 6.20 Å². The van der Waals surface area contributed by atoms with Crippen LogP contribution in [0.5, 0.6) is 0 Å². The highest BCUT2D eigenvalue weighted by molar-refractivity contribution is 6.62. The van der Waals surface area contributed by atoms with Gasteiger partial charge in [-0.2, -0.15) is 5.26 Å². The molecule has 7 nitrogen and oxygen atoms in total. The van der Waals surface area contributed by atoms with Gasteiger partial charge in [0.1, 0.15) is 6.79 Å². The van der Waals surface area contributed by atoms with Gasteiger partial charge < -0.3 is 19.8 Å². The Labute approximate surface area is 186 Å². The van der Waals surface area contributed by atoms with E-state index >= 15 is 0 Å². The minimum Gasteiger partial charge on any atom is -0.399 e. The van der Waals surface area contributed by atoms with Gasteiger partial charge in [0, 0.05) is 23.6 Å². The van der Waals surface area contributed by atoms with Crippen LogP contribution in [0.2, 0.25) is 0 Å². The standard InChI is InChI=1S/C21H26BN3O2.CH5N.CH2O/c1-14-17(22-26-20(4,5)21(6,7)27-22)10-16(12-25-14)15-8-9-24-18(11-15)19(2,3)13-23;2*1-2/h8-12H,1-7H3;2H2,1H3;1H2. The molecule has 8 heteroatoms. The number of rotatable bonds is 3. The van der Waals surface area contributed by atoms with E-state index in [9.17, 15) is 5.26 Å². The lowest BCUT2D eigenvalue weighted by Gasteiger charge is -2.32. The Balaban J connectivity index is 0.00000113. The fraction of sp³-hybridized carbons (Fsp3) is 0.478. The molecule has 0 aliphatic carbocycles. The van der Waals surface area contributed by atoms with Gasteiger partial charge >= 0.3 is 7.12 Å². The number of nitrogens with two attached hydrogens (primary N) is 1. The molecule has 0 saturated carbocycles. The highest BCUT2D eigenvalue weighted by Crippen LogP contribution is 2.37. The van der Waals surface area contributed by atoms with Gasteiger partial charge in [-0.15, -0.1) is 0 Å². The van der Waals surface area contributed by atoms with E-state index in [1.807, 2.05) is 73.6 Å². The minimum absolute atomic E-state index is 0.402. The van der Waals surface area contributed by atoms with Crippen molar-refractivity contribution in [3.63, 3.8) is 0 Å². The van der Waals surface area contributed by atoms with Crippen LogP contribution in [0.1, 0.15) is 52.9 Å². The molecule has 0 aromatic carbocycles. The molecule has 0 spiro atoms. The van der Waals surface area contributed by atoms with Crippen molar-refractivity contribution in [2.75, 3.05) is 7.05 Å². The molecular formula is C23H33BN4O3. The molecule has 3 heterocycles. The molecule has 1 saturated heterocycles. The van der Waals surface area contributed by atoms with Gasteiger partial charge in [-0.05, 0) is 78.8 Å². The molecule has 2 aromatic heterocycles. The number of aryl methyl sites for hydroxylation is 1. The third-order valence-electron chi connectivity index (χ3n) is 5.65. The zero-order valence-corrected chi connectivity index (χ0v) is 19.8. The predicted molar refractivity (Wildman–Crippen MR) is 124 cm³/mol. The first kappa shape index (κ1) is 26.4. The van der Waals surface area contributed by atoms with Crippen LogP contribution in [0, 0.1) is 18.3 Å². The third kappa shape index (κ3) is 5.56. The zero-order valence-electron chi connectivity index (χ0n) is 19.8. The minimum atomic E-state index is -0.650. The summed E-state index contributed by atoms with van der Waals surface area (Å²) in [6, 6.07) is 8.24. The average Bonchev–Trinajstić information content (AvgIpc) is 2.98. The average molecular weight is 424 g/mol. The largest absolute Gasteiger partial charge is 0.496 e. The predicted octanol–water partition coefficient (Wildman–Crippen LogP) is 2.94. The maximum absolute atomic E-state index is 9.40. The molecule has 0 amide bonds. The van der Waals surface area contributed by atoms with E-state index in [0.29, 0.717) is 0 Å². The van der Waals surface area contributed by atoms with Crippen molar-refractivity contribution >= 4 is 19.4 Å². The molecule has 31 heavy (non-hydrogen) atoms. The van der Waals surface area contributed by atoms with Crippen LogP contribution in [0.25, 0.3) is 11.1 Å². The summed E-state index contributed by atoms with van der Waals surface area (Å²) in [7, 11) is 1.04. The van der Waals surface area contributed by atoms with Gasteiger partial charge in [-0.25, -0.2) is 0 Å². The number of carbonyl (C=O) groups excluding carboxylic acids is 1. The van der Waals surface area contributed by atoms with Crippen LogP contribution in [-0.4, -0.2) is 42.1 Å². The maximum atomic E-state index is 9.40. The Bertz CT molecular complexity index is 923. The van der Waals surface area contributed by atoms with E-state index in [2.05, 4.69) is 27.8 Å². The van der Waals surface area contributed by atoms with Crippen LogP contribution >= 0.6 is 0 Å². The Morgan fingerprint density at radius 2 is 1.61 bits per heavy atom. The second-order valence-corrected chi connectivity index (χ2v) is 8.65. The van der Waals surface area contributed by atoms with Gasteiger partial charge in [0.15, 0.2) is 0 Å². The second-order valence-electron chi connectivity index (χ2n) is 8.65. The normalized spacial score (nSPS) is 16.3. The van der Waals surface area contributed by atoms with E-state index in [1.165, 1.54) is 7.05 Å². The van der Waals surface area contributed by atoms with Crippen LogP contribution in [0.15, 0.2) is 30.6 Å². The van der Waals surface area contributed by atoms with E-state index in [4.69, 9.17) is 14.1 Å². The smallest absolute Gasteiger partial charge is 0.399 e. The van der Waals surface area contributed by atoms with Gasteiger partial charge in [-0.1, -0.05) is 6.07 Å². The van der Waals surface area contributed by atoms with Crippen molar-refractivity contribution < 1.29 is 14.1 Å². The maximum Gasteiger partial charge on any atom is 0.496 e. The highest BCUT2D eigenvalue weighted by atomic mass is 16.7. The summed E-state index contributed by atoms with van der Waals surface area (Å²) < 4.78 is 12.4. The number of carbonyl (C=O) groups is 1. The summed E-state index contributed by atoms with van der Waals surface area (Å²) in [5.74, 6) is 0. The molecule has 1 aliphatic rings. The molecule has 1 fully saturated rings. The summed E-state index contributed by atoms with van der Waals surface area (Å²) in [4.78, 5) is 16.9. The number of hydrogen-bond acceptors (Lipinski definition) is 7. The molecule has 2 N–H and O–H groups in total. The summed E-state index contributed by atoms with van der Waals surface area (Å²) in [6.45, 7) is 15.8. The Kier molecular flexibility index (Phi) is 8.65. The second kappa shape index (κ2) is 10.1. The summed E-state index contributed by atoms with van der Waals surface area (Å²) >= 11 is 0. The highest BCUT2D eigenvalue weighted by Gasteiger charge is 2.52. The van der Waals surface area contributed by atoms with E-state index in [0.717, 1.165) is 28.0 Å². The first-order valence-corrected chi connectivity index (χ1v) is 10.0. The van der Waals surface area contributed by atoms with Gasteiger partial charge in [0.2, 0.25) is 0 Å². The van der Waals surface area contributed by atoms with Gasteiger partial charge in [0.25, 0.3) is 0 Å². The van der Waals surface area contributed by atoms with Gasteiger partial charge in [-0.3, -0.25) is 9.97 Å². The molecule has 1 aliphatic heterocycles. The monoisotopic (exact) mass is 424 g/mol. The van der Waals surface area contributed by atoms with Crippen LogP contribution in [0.3, 0.4) is 0 Å². The van der Waals surface area contributed by atoms with E-state index in [-0.39, 0.29) is 0 Å². The Morgan fingerprint density at radius 3 is 2.13 bits per heavy atom. The topological polar surface area (TPSA) is 111 Å². The molecule has 3 rings (SSSR count). The van der Waals surface area contributed by atoms with Crippen LogP contribution in [-0.2, 0) is 19.5 Å². The molecule has 0 radical (unpaired) electrons. The summed E-state index contributed by atoms with van der Waals surface area (Å²) in [5.41, 5.74) is 7.49. The van der Waals surface area contributed by atoms with Crippen LogP contribution < -0.4 is 11.2 Å². The summed E-state index contributed by atoms with van der Waals surface area (Å²) in [5, 5.41) is 9.40. The molecule has 0 unspecified atom stereocenters. The Hall–Kier alpha value is -2.60. The fourth-order valence-corrected chi connectivity index (χ4v) is 2.93. The lowest BCUT2D eigenvalue weighted by Crippen LogP contribution is -2.41. The van der Waals surface area contributed by atoms with Crippen molar-refractivity contribution in [1.82, 2.24) is 9.97 Å². The first-order chi connectivity index (χ1) is 14.5. The number of aromatic nitrogens is 2. The van der Waals surface area contributed by atoms with Crippen molar-refractivity contribution in [1.29, 1.82) is 5.26 Å².